The van der Waals surface area contributed by atoms with Crippen LogP contribution in [0.5, 0.6) is 0 Å². The zero-order valence-corrected chi connectivity index (χ0v) is 20.0. The lowest BCUT2D eigenvalue weighted by Gasteiger charge is -2.18. The minimum Gasteiger partial charge on any atom is -0.481 e. The van der Waals surface area contributed by atoms with Crippen LogP contribution in [0.2, 0.25) is 0 Å². The maximum Gasteiger partial charge on any atom is 0.407 e. The van der Waals surface area contributed by atoms with Crippen LogP contribution in [0, 0.1) is 11.3 Å². The highest BCUT2D eigenvalue weighted by Gasteiger charge is 2.65. The Morgan fingerprint density at radius 2 is 1.71 bits per heavy atom. The van der Waals surface area contributed by atoms with Crippen LogP contribution >= 0.6 is 0 Å². The normalized spacial score (nSPS) is 24.6. The van der Waals surface area contributed by atoms with Crippen molar-refractivity contribution in [1.29, 1.82) is 0 Å². The highest BCUT2D eigenvalue weighted by molar-refractivity contribution is 5.81. The molecule has 4 atom stereocenters. The first-order valence-electron chi connectivity index (χ1n) is 12.5. The second kappa shape index (κ2) is 9.36. The van der Waals surface area contributed by atoms with Gasteiger partial charge in [0.2, 0.25) is 5.91 Å². The van der Waals surface area contributed by atoms with Crippen LogP contribution in [0.4, 0.5) is 4.79 Å². The molecule has 2 saturated carbocycles. The molecule has 3 aliphatic rings. The van der Waals surface area contributed by atoms with Crippen molar-refractivity contribution < 1.29 is 24.2 Å². The predicted octanol–water partition coefficient (Wildman–Crippen LogP) is 4.45. The number of fused-ring (bicyclic) bond motifs is 4. The summed E-state index contributed by atoms with van der Waals surface area (Å²) in [7, 11) is 0. The third kappa shape index (κ3) is 4.64. The Labute approximate surface area is 205 Å². The summed E-state index contributed by atoms with van der Waals surface area (Å²) in [6.45, 7) is 2.18. The smallest absolute Gasteiger partial charge is 0.407 e. The van der Waals surface area contributed by atoms with Crippen LogP contribution in [0.3, 0.4) is 0 Å². The maximum atomic E-state index is 12.4. The maximum absolute atomic E-state index is 12.4. The fourth-order valence-corrected chi connectivity index (χ4v) is 6.05. The largest absolute Gasteiger partial charge is 0.481 e. The van der Waals surface area contributed by atoms with Crippen molar-refractivity contribution in [1.82, 2.24) is 10.6 Å². The number of aliphatic carboxylic acids is 1. The number of nitrogens with one attached hydrogen (secondary N) is 2. The lowest BCUT2D eigenvalue weighted by molar-refractivity contribution is -0.143. The molecule has 0 aliphatic heterocycles. The highest BCUT2D eigenvalue weighted by atomic mass is 16.5. The van der Waals surface area contributed by atoms with Crippen LogP contribution in [0.25, 0.3) is 11.1 Å². The van der Waals surface area contributed by atoms with Gasteiger partial charge in [-0.1, -0.05) is 48.5 Å². The van der Waals surface area contributed by atoms with Gasteiger partial charge >= 0.3 is 12.1 Å². The summed E-state index contributed by atoms with van der Waals surface area (Å²) in [6.07, 6.45) is 3.25. The number of amides is 2. The van der Waals surface area contributed by atoms with Gasteiger partial charge in [-0.3, -0.25) is 9.59 Å². The van der Waals surface area contributed by atoms with E-state index < -0.39 is 17.5 Å². The molecule has 0 saturated heterocycles. The van der Waals surface area contributed by atoms with E-state index in [1.165, 1.54) is 22.3 Å². The first kappa shape index (κ1) is 23.4. The summed E-state index contributed by atoms with van der Waals surface area (Å²) in [5.74, 6) is -0.543. The zero-order chi connectivity index (χ0) is 24.6. The number of hydrogen-bond acceptors (Lipinski definition) is 4. The standard InChI is InChI=1S/C28H32N2O5/c1-17(7-6-12-25(31)30-19-13-18-14-28(18,15-19)26(32)33)29-27(34)35-16-24-22-10-4-2-8-20(22)21-9-3-5-11-23(21)24/h2-5,8-11,17-19,24H,6-7,12-16H2,1H3,(H,29,34)(H,30,31)(H,32,33). The molecule has 0 spiro atoms. The van der Waals surface area contributed by atoms with E-state index in [2.05, 4.69) is 34.9 Å². The van der Waals surface area contributed by atoms with Crippen LogP contribution < -0.4 is 10.6 Å². The molecule has 7 heteroatoms. The number of carbonyl (C=O) groups is 3. The molecule has 2 aromatic carbocycles. The summed E-state index contributed by atoms with van der Waals surface area (Å²) >= 11 is 0. The van der Waals surface area contributed by atoms with E-state index in [9.17, 15) is 19.5 Å². The first-order chi connectivity index (χ1) is 16.9. The second-order valence-corrected chi connectivity index (χ2v) is 10.3. The van der Waals surface area contributed by atoms with Crippen molar-refractivity contribution in [3.63, 3.8) is 0 Å². The van der Waals surface area contributed by atoms with E-state index >= 15 is 0 Å². The molecule has 5 rings (SSSR count). The number of benzene rings is 2. The fourth-order valence-electron chi connectivity index (χ4n) is 6.05. The van der Waals surface area contributed by atoms with Gasteiger partial charge in [-0.05, 0) is 67.2 Å². The monoisotopic (exact) mass is 476 g/mol. The Balaban J connectivity index is 1.03. The Morgan fingerprint density at radius 1 is 1.06 bits per heavy atom. The summed E-state index contributed by atoms with van der Waals surface area (Å²) in [5, 5.41) is 15.2. The molecule has 0 radical (unpaired) electrons. The van der Waals surface area contributed by atoms with Crippen molar-refractivity contribution in [3.05, 3.63) is 59.7 Å². The van der Waals surface area contributed by atoms with Gasteiger partial charge in [0.15, 0.2) is 0 Å². The van der Waals surface area contributed by atoms with Crippen LogP contribution in [-0.4, -0.2) is 41.8 Å². The fraction of sp³-hybridized carbons (Fsp3) is 0.464. The number of ether oxygens (including phenoxy) is 1. The van der Waals surface area contributed by atoms with E-state index in [4.69, 9.17) is 4.74 Å². The molecule has 3 aliphatic carbocycles. The van der Waals surface area contributed by atoms with Gasteiger partial charge in [-0.2, -0.15) is 0 Å². The molecular weight excluding hydrogens is 444 g/mol. The molecule has 0 bridgehead atoms. The molecule has 184 valence electrons. The number of hydrogen-bond donors (Lipinski definition) is 3. The second-order valence-electron chi connectivity index (χ2n) is 10.3. The Bertz CT molecular complexity index is 1100. The number of rotatable bonds is 9. The molecule has 2 amide bonds. The topological polar surface area (TPSA) is 105 Å². The highest BCUT2D eigenvalue weighted by Crippen LogP contribution is 2.63. The first-order valence-corrected chi connectivity index (χ1v) is 12.5. The van der Waals surface area contributed by atoms with Gasteiger partial charge in [0.25, 0.3) is 0 Å². The van der Waals surface area contributed by atoms with E-state index in [1.807, 2.05) is 31.2 Å². The predicted molar refractivity (Wildman–Crippen MR) is 131 cm³/mol. The Morgan fingerprint density at radius 3 is 2.34 bits per heavy atom. The Hall–Kier alpha value is -3.35. The van der Waals surface area contributed by atoms with Gasteiger partial charge in [-0.25, -0.2) is 4.79 Å². The number of carboxylic acids is 1. The number of carbonyl (C=O) groups excluding carboxylic acids is 2. The van der Waals surface area contributed by atoms with E-state index in [-0.39, 0.29) is 36.4 Å². The lowest BCUT2D eigenvalue weighted by Crippen LogP contribution is -2.36. The van der Waals surface area contributed by atoms with Gasteiger partial charge < -0.3 is 20.5 Å². The van der Waals surface area contributed by atoms with E-state index in [1.54, 1.807) is 0 Å². The van der Waals surface area contributed by atoms with Gasteiger partial charge in [0, 0.05) is 24.4 Å². The van der Waals surface area contributed by atoms with Crippen LogP contribution in [-0.2, 0) is 14.3 Å². The number of carboxylic acid groups (broad SMARTS) is 1. The molecule has 0 heterocycles. The van der Waals surface area contributed by atoms with Gasteiger partial charge in [0.1, 0.15) is 6.61 Å². The summed E-state index contributed by atoms with van der Waals surface area (Å²) in [6, 6.07) is 16.3. The minimum atomic E-state index is -0.729. The zero-order valence-electron chi connectivity index (χ0n) is 20.0. The SMILES string of the molecule is CC(CCCC(=O)NC1CC2CC2(C(=O)O)C1)NC(=O)OCC1c2ccccc2-c2ccccc21. The summed E-state index contributed by atoms with van der Waals surface area (Å²) < 4.78 is 5.59. The summed E-state index contributed by atoms with van der Waals surface area (Å²) in [5.41, 5.74) is 4.15. The molecule has 35 heavy (non-hydrogen) atoms. The third-order valence-electron chi connectivity index (χ3n) is 7.95. The van der Waals surface area contributed by atoms with Crippen molar-refractivity contribution >= 4 is 18.0 Å². The Kier molecular flexibility index (Phi) is 6.26. The van der Waals surface area contributed by atoms with Crippen LogP contribution in [0.15, 0.2) is 48.5 Å². The molecule has 7 nitrogen and oxygen atoms in total. The van der Waals surface area contributed by atoms with Crippen LogP contribution in [0.1, 0.15) is 62.5 Å². The van der Waals surface area contributed by atoms with Crippen molar-refractivity contribution in [2.45, 2.75) is 63.5 Å². The van der Waals surface area contributed by atoms with Gasteiger partial charge in [-0.15, -0.1) is 0 Å². The average molecular weight is 477 g/mol. The molecular formula is C28H32N2O5. The van der Waals surface area contributed by atoms with Crippen molar-refractivity contribution in [2.24, 2.45) is 11.3 Å². The molecule has 2 fully saturated rings. The van der Waals surface area contributed by atoms with Gasteiger partial charge in [0.05, 0.1) is 5.41 Å². The quantitative estimate of drug-likeness (QED) is 0.496. The third-order valence-corrected chi connectivity index (χ3v) is 7.95. The molecule has 2 aromatic rings. The average Bonchev–Trinajstić information content (AvgIpc) is 3.26. The van der Waals surface area contributed by atoms with Crippen molar-refractivity contribution in [3.8, 4) is 11.1 Å². The molecule has 0 aromatic heterocycles. The van der Waals surface area contributed by atoms with E-state index in [0.717, 1.165) is 12.8 Å². The lowest BCUT2D eigenvalue weighted by atomic mass is 9.98. The van der Waals surface area contributed by atoms with Crippen molar-refractivity contribution in [2.75, 3.05) is 6.61 Å². The minimum absolute atomic E-state index is 0.0223. The summed E-state index contributed by atoms with van der Waals surface area (Å²) in [4.78, 5) is 36.1. The molecule has 3 N–H and O–H groups in total. The van der Waals surface area contributed by atoms with E-state index in [0.29, 0.717) is 25.7 Å². The number of alkyl carbamates (subject to hydrolysis) is 1. The molecule has 4 unspecified atom stereocenters.